The summed E-state index contributed by atoms with van der Waals surface area (Å²) in [5.41, 5.74) is 1.19. The summed E-state index contributed by atoms with van der Waals surface area (Å²) in [4.78, 5) is 55.9. The molecule has 2 fully saturated rings. The lowest BCUT2D eigenvalue weighted by molar-refractivity contribution is -0.00704. The fourth-order valence-electron chi connectivity index (χ4n) is 11.5. The molecule has 20 nitrogen and oxygen atoms in total. The second-order valence-corrected chi connectivity index (χ2v) is 27.1. The number of ether oxygens (including phenoxy) is 3. The van der Waals surface area contributed by atoms with E-state index >= 15 is 0 Å². The Hall–Kier alpha value is -7.42. The van der Waals surface area contributed by atoms with Gasteiger partial charge in [-0.25, -0.2) is 24.2 Å². The lowest BCUT2D eigenvalue weighted by Crippen LogP contribution is -2.50. The van der Waals surface area contributed by atoms with Gasteiger partial charge in [0.15, 0.2) is 0 Å². The van der Waals surface area contributed by atoms with Crippen molar-refractivity contribution in [2.75, 3.05) is 65.8 Å². The number of hydrogen-bond donors (Lipinski definition) is 4. The number of aliphatic hydroxyl groups is 3. The molecule has 6 aromatic carbocycles. The zero-order valence-electron chi connectivity index (χ0n) is 53.8. The third-order valence-electron chi connectivity index (χ3n) is 15.4. The van der Waals surface area contributed by atoms with Crippen LogP contribution < -0.4 is 5.32 Å². The Morgan fingerprint density at radius 1 is 0.511 bits per heavy atom. The number of nitrogens with zero attached hydrogens (tertiary/aromatic N) is 3. The molecule has 0 saturated carbocycles. The molecule has 8 rings (SSSR count). The molecule has 2 aliphatic rings. The molecule has 6 aromatic rings. The Morgan fingerprint density at radius 3 is 1.21 bits per heavy atom. The summed E-state index contributed by atoms with van der Waals surface area (Å²) < 4.78 is 51.7. The number of nitrogens with one attached hydrogen (secondary N) is 1. The van der Waals surface area contributed by atoms with Crippen molar-refractivity contribution in [3.8, 4) is 0 Å². The summed E-state index contributed by atoms with van der Waals surface area (Å²) in [6, 6.07) is 55.6. The van der Waals surface area contributed by atoms with E-state index in [1.807, 2.05) is 224 Å². The quantitative estimate of drug-likeness (QED) is 0.0104. The van der Waals surface area contributed by atoms with Crippen molar-refractivity contribution in [3.63, 3.8) is 0 Å². The van der Waals surface area contributed by atoms with Crippen LogP contribution in [0.3, 0.4) is 0 Å². The van der Waals surface area contributed by atoms with Gasteiger partial charge in [0.25, 0.3) is 0 Å². The summed E-state index contributed by atoms with van der Waals surface area (Å²) in [6.07, 6.45) is 0.0855. The van der Waals surface area contributed by atoms with Crippen molar-refractivity contribution in [2.24, 2.45) is 4.99 Å². The third-order valence-corrected chi connectivity index (χ3v) is 21.7. The topological polar surface area (TPSA) is 243 Å². The molecule has 2 aliphatic heterocycles. The Labute approximate surface area is 544 Å². The number of carbonyl (C=O) groups excluding carboxylic acids is 4. The van der Waals surface area contributed by atoms with Crippen LogP contribution in [0, 0.1) is 0 Å². The standard InChI is InChI=1S/C35H46N2O8Si.C25H25NO4.C10H21NO4Si/c1-4-42-46(43-5-2,44-6-3)24-16-23-36-33(38)45-31-25-32(37(26-31)34(39)41-27-28-17-10-7-11-18-28)35(40,29-19-12-8-13-20-29)30-21-14-9-15-22-30;27-22-16-23(26(17-22)24(28)30-18-19-10-4-1-5-11-19)25(29,20-12-6-2-7-13-20)21-14-8-3-9-15-21;1-4-13-16(14-5-2,15-6-3)9-7-8-11-10-12/h7-15,17-22,31-32,40H,4-6,16,23-27H2,1-3H3,(H,36,38);1-15,22-23,27,29H,16-18H2;4-9H2,1-3H3/t31-,32+;22-,23+;/m11./s1. The maximum absolute atomic E-state index is 13.6. The van der Waals surface area contributed by atoms with Crippen molar-refractivity contribution in [1.29, 1.82) is 0 Å². The smallest absolute Gasteiger partial charge is 0.445 e. The molecule has 4 N–H and O–H groups in total. The predicted octanol–water partition coefficient (Wildman–Crippen LogP) is 11.3. The Morgan fingerprint density at radius 2 is 0.848 bits per heavy atom. The molecule has 3 amide bonds. The van der Waals surface area contributed by atoms with Crippen LogP contribution in [0.5, 0.6) is 0 Å². The monoisotopic (exact) mass is 1300 g/mol. The number of alkyl carbamates (subject to hydrolysis) is 1. The molecular formula is C70H92N4O16Si2. The van der Waals surface area contributed by atoms with E-state index in [0.29, 0.717) is 93.5 Å². The molecule has 0 radical (unpaired) electrons. The number of β-amino-alcohol motifs (C(OH)–C–C–N with tert-alkyl or cyclic N) is 1. The van der Waals surface area contributed by atoms with Gasteiger partial charge in [-0.15, -0.1) is 0 Å². The van der Waals surface area contributed by atoms with E-state index in [1.54, 1.807) is 0 Å². The van der Waals surface area contributed by atoms with Gasteiger partial charge in [-0.1, -0.05) is 182 Å². The summed E-state index contributed by atoms with van der Waals surface area (Å²) in [5.74, 6) is 0. The number of amides is 3. The van der Waals surface area contributed by atoms with Crippen molar-refractivity contribution in [1.82, 2.24) is 15.1 Å². The SMILES string of the molecule is CCO[Si](CCCN=C=O)(OCC)OCC.CCO[Si](CCCNC(=O)O[C@@H]1C[C@@H](C(O)(c2ccccc2)c2ccccc2)N(C(=O)OCc2ccccc2)C1)(OCC)OCC.O=C(OCc1ccccc1)N1C[C@H](O)C[C@H]1C(O)(c1ccccc1)c1ccccc1. The van der Waals surface area contributed by atoms with Crippen LogP contribution in [0.1, 0.15) is 101 Å². The number of hydrogen-bond acceptors (Lipinski definition) is 17. The van der Waals surface area contributed by atoms with Gasteiger partial charge in [-0.3, -0.25) is 9.80 Å². The molecule has 0 unspecified atom stereocenters. The highest BCUT2D eigenvalue weighted by Crippen LogP contribution is 2.43. The van der Waals surface area contributed by atoms with Gasteiger partial charge in [0, 0.05) is 64.7 Å². The average molecular weight is 1300 g/mol. The van der Waals surface area contributed by atoms with Gasteiger partial charge in [0.1, 0.15) is 30.5 Å². The molecule has 0 aromatic heterocycles. The first-order chi connectivity index (χ1) is 44.7. The number of benzene rings is 6. The number of likely N-dealkylation sites (tertiary alicyclic amines) is 2. The van der Waals surface area contributed by atoms with Gasteiger partial charge in [-0.2, -0.15) is 0 Å². The number of carbonyl (C=O) groups is 3. The zero-order valence-corrected chi connectivity index (χ0v) is 55.8. The van der Waals surface area contributed by atoms with E-state index in [0.717, 1.165) is 17.5 Å². The predicted molar refractivity (Wildman–Crippen MR) is 353 cm³/mol. The fraction of sp³-hybridized carbons (Fsp3) is 0.429. The minimum Gasteiger partial charge on any atom is -0.445 e. The lowest BCUT2D eigenvalue weighted by atomic mass is 9.79. The van der Waals surface area contributed by atoms with Crippen LogP contribution in [0.25, 0.3) is 0 Å². The Bertz CT molecular complexity index is 2990. The first-order valence-electron chi connectivity index (χ1n) is 31.8. The highest BCUT2D eigenvalue weighted by atomic mass is 28.4. The maximum Gasteiger partial charge on any atom is 0.500 e. The van der Waals surface area contributed by atoms with Crippen molar-refractivity contribution in [2.45, 2.75) is 128 Å². The Kier molecular flexibility index (Phi) is 30.9. The molecule has 0 spiro atoms. The summed E-state index contributed by atoms with van der Waals surface area (Å²) >= 11 is 0. The molecule has 0 bridgehead atoms. The Balaban J connectivity index is 0.000000249. The van der Waals surface area contributed by atoms with Crippen LogP contribution in [0.15, 0.2) is 187 Å². The fourth-order valence-corrected chi connectivity index (χ4v) is 16.7. The third kappa shape index (κ3) is 21.1. The van der Waals surface area contributed by atoms with Crippen LogP contribution in [-0.4, -0.2) is 157 Å². The van der Waals surface area contributed by atoms with Crippen LogP contribution in [0.2, 0.25) is 12.1 Å². The maximum atomic E-state index is 13.6. The van der Waals surface area contributed by atoms with Gasteiger partial charge in [0.05, 0.1) is 37.8 Å². The molecule has 22 heteroatoms. The summed E-state index contributed by atoms with van der Waals surface area (Å²) in [5, 5.41) is 37.8. The highest BCUT2D eigenvalue weighted by molar-refractivity contribution is 6.61. The number of aliphatic hydroxyl groups excluding tert-OH is 1. The van der Waals surface area contributed by atoms with Gasteiger partial charge in [0.2, 0.25) is 6.08 Å². The van der Waals surface area contributed by atoms with Crippen LogP contribution in [0.4, 0.5) is 14.4 Å². The van der Waals surface area contributed by atoms with Gasteiger partial charge >= 0.3 is 35.9 Å². The highest BCUT2D eigenvalue weighted by Gasteiger charge is 2.53. The van der Waals surface area contributed by atoms with Crippen molar-refractivity contribution >= 4 is 42.0 Å². The van der Waals surface area contributed by atoms with Gasteiger partial charge in [-0.05, 0) is 94.2 Å². The first kappa shape index (κ1) is 73.6. The number of rotatable bonds is 31. The molecule has 4 atom stereocenters. The first-order valence-corrected chi connectivity index (χ1v) is 35.7. The molecule has 2 saturated heterocycles. The van der Waals surface area contributed by atoms with Gasteiger partial charge < -0.3 is 61.4 Å². The van der Waals surface area contributed by atoms with Crippen LogP contribution >= 0.6 is 0 Å². The zero-order chi connectivity index (χ0) is 66.1. The summed E-state index contributed by atoms with van der Waals surface area (Å²) in [7, 11) is -5.37. The second kappa shape index (κ2) is 38.6. The van der Waals surface area contributed by atoms with E-state index in [1.165, 1.54) is 15.9 Å². The van der Waals surface area contributed by atoms with E-state index < -0.39 is 71.4 Å². The van der Waals surface area contributed by atoms with E-state index in [4.69, 9.17) is 40.8 Å². The average Bonchev–Trinajstić information content (AvgIpc) is 1.48. The molecular weight excluding hydrogens is 1210 g/mol. The van der Waals surface area contributed by atoms with E-state index in [2.05, 4.69) is 10.3 Å². The van der Waals surface area contributed by atoms with Crippen molar-refractivity contribution in [3.05, 3.63) is 215 Å². The minimum absolute atomic E-state index is 0.0583. The molecule has 0 aliphatic carbocycles. The normalized spacial score (nSPS) is 16.4. The lowest BCUT2D eigenvalue weighted by Gasteiger charge is -2.39. The molecule has 2 heterocycles. The van der Waals surface area contributed by atoms with E-state index in [-0.39, 0.29) is 39.1 Å². The largest absolute Gasteiger partial charge is 0.500 e. The van der Waals surface area contributed by atoms with Crippen molar-refractivity contribution < 1.29 is 75.3 Å². The molecule has 92 heavy (non-hydrogen) atoms. The number of isocyanates is 1. The van der Waals surface area contributed by atoms with E-state index in [9.17, 15) is 34.5 Å². The molecule has 496 valence electrons. The summed E-state index contributed by atoms with van der Waals surface area (Å²) in [6.45, 7) is 15.8. The number of aliphatic imine (C=N–C) groups is 1. The van der Waals surface area contributed by atoms with Crippen LogP contribution in [-0.2, 0) is 70.0 Å². The minimum atomic E-state index is -2.83. The second-order valence-electron chi connectivity index (χ2n) is 21.6.